The first kappa shape index (κ1) is 29.0. The number of phenolic OH excluding ortho intramolecular Hbond substituents is 1. The summed E-state index contributed by atoms with van der Waals surface area (Å²) in [6.07, 6.45) is -2.58. The van der Waals surface area contributed by atoms with Crippen molar-refractivity contribution in [3.63, 3.8) is 0 Å². The minimum Gasteiger partial charge on any atom is -0.504 e. The average Bonchev–Trinajstić information content (AvgIpc) is 3.30. The highest BCUT2D eigenvalue weighted by atomic mass is 28.4. The van der Waals surface area contributed by atoms with E-state index in [1.165, 1.54) is 20.3 Å². The van der Waals surface area contributed by atoms with Crippen LogP contribution in [0.1, 0.15) is 17.2 Å². The number of phenols is 1. The maximum absolute atomic E-state index is 14.4. The lowest BCUT2D eigenvalue weighted by Gasteiger charge is -2.34. The van der Waals surface area contributed by atoms with E-state index in [-0.39, 0.29) is 18.1 Å². The number of carbonyl (C=O) groups is 2. The van der Waals surface area contributed by atoms with Gasteiger partial charge in [0.25, 0.3) is 5.91 Å². The molecular weight excluding hydrogens is 530 g/mol. The number of para-hydroxylation sites is 2. The molecule has 212 valence electrons. The van der Waals surface area contributed by atoms with Gasteiger partial charge in [0.15, 0.2) is 31.3 Å². The Labute approximate surface area is 235 Å². The number of methoxy groups -OCH3 is 2. The summed E-state index contributed by atoms with van der Waals surface area (Å²) < 4.78 is 29.1. The predicted octanol–water partition coefficient (Wildman–Crippen LogP) is 5.34. The van der Waals surface area contributed by atoms with E-state index in [2.05, 4.69) is 0 Å². The maximum Gasteiger partial charge on any atom is 0.417 e. The van der Waals surface area contributed by atoms with Crippen LogP contribution in [0.5, 0.6) is 23.0 Å². The zero-order valence-electron chi connectivity index (χ0n) is 23.3. The smallest absolute Gasteiger partial charge is 0.417 e. The van der Waals surface area contributed by atoms with Gasteiger partial charge in [-0.25, -0.2) is 9.69 Å². The molecule has 3 aromatic carbocycles. The number of benzene rings is 3. The second-order valence-electron chi connectivity index (χ2n) is 10.4. The molecule has 9 nitrogen and oxygen atoms in total. The van der Waals surface area contributed by atoms with E-state index in [1.807, 2.05) is 50.0 Å². The highest BCUT2D eigenvalue weighted by molar-refractivity contribution is 6.69. The molecule has 0 spiro atoms. The van der Waals surface area contributed by atoms with Crippen LogP contribution < -0.4 is 14.2 Å². The molecule has 1 N–H and O–H groups in total. The number of nitrogens with zero attached hydrogens (tertiary/aromatic N) is 1. The first-order valence-electron chi connectivity index (χ1n) is 13.0. The normalized spacial score (nSPS) is 16.7. The molecule has 1 saturated heterocycles. The Kier molecular flexibility index (Phi) is 9.01. The minimum absolute atomic E-state index is 0.0578. The van der Waals surface area contributed by atoms with Crippen molar-refractivity contribution in [1.82, 2.24) is 4.90 Å². The fourth-order valence-electron chi connectivity index (χ4n) is 4.56. The van der Waals surface area contributed by atoms with Crippen LogP contribution in [0.3, 0.4) is 0 Å². The summed E-state index contributed by atoms with van der Waals surface area (Å²) in [5.41, 5.74) is 1.50. The van der Waals surface area contributed by atoms with Crippen LogP contribution in [0.2, 0.25) is 19.6 Å². The van der Waals surface area contributed by atoms with Crippen molar-refractivity contribution >= 4 is 20.3 Å². The monoisotopic (exact) mass is 565 g/mol. The molecule has 1 fully saturated rings. The summed E-state index contributed by atoms with van der Waals surface area (Å²) in [6, 6.07) is 20.8. The van der Waals surface area contributed by atoms with Crippen molar-refractivity contribution in [2.24, 2.45) is 0 Å². The van der Waals surface area contributed by atoms with Crippen molar-refractivity contribution in [3.8, 4) is 23.0 Å². The number of hydrogen-bond acceptors (Lipinski definition) is 8. The Bertz CT molecular complexity index is 1330. The first-order chi connectivity index (χ1) is 19.1. The molecule has 0 saturated carbocycles. The third kappa shape index (κ3) is 6.75. The second kappa shape index (κ2) is 12.4. The second-order valence-corrected chi connectivity index (χ2v) is 14.9. The Morgan fingerprint density at radius 3 is 2.27 bits per heavy atom. The van der Waals surface area contributed by atoms with Crippen molar-refractivity contribution in [1.29, 1.82) is 0 Å². The molecule has 4 rings (SSSR count). The van der Waals surface area contributed by atoms with E-state index in [1.54, 1.807) is 36.4 Å². The van der Waals surface area contributed by atoms with Gasteiger partial charge in [-0.1, -0.05) is 48.5 Å². The van der Waals surface area contributed by atoms with Crippen LogP contribution in [0, 0.1) is 0 Å². The Balaban J connectivity index is 1.80. The highest BCUT2D eigenvalue weighted by Gasteiger charge is 2.46. The van der Waals surface area contributed by atoms with Gasteiger partial charge in [0, 0.05) is 0 Å². The third-order valence-corrected chi connectivity index (χ3v) is 7.33. The van der Waals surface area contributed by atoms with Crippen LogP contribution >= 0.6 is 0 Å². The molecule has 0 aromatic heterocycles. The van der Waals surface area contributed by atoms with Crippen LogP contribution in [-0.4, -0.2) is 63.3 Å². The zero-order valence-corrected chi connectivity index (χ0v) is 24.3. The summed E-state index contributed by atoms with van der Waals surface area (Å²) in [6.45, 7) is 6.03. The molecule has 3 aromatic rings. The highest BCUT2D eigenvalue weighted by Crippen LogP contribution is 2.37. The van der Waals surface area contributed by atoms with Crippen LogP contribution in [0.4, 0.5) is 4.79 Å². The molecule has 0 aliphatic carbocycles. The van der Waals surface area contributed by atoms with Crippen LogP contribution in [-0.2, 0) is 20.4 Å². The largest absolute Gasteiger partial charge is 0.504 e. The van der Waals surface area contributed by atoms with Gasteiger partial charge in [-0.2, -0.15) is 0 Å². The molecule has 1 aliphatic rings. The summed E-state index contributed by atoms with van der Waals surface area (Å²) in [5, 5.41) is 10.2. The van der Waals surface area contributed by atoms with E-state index in [4.69, 9.17) is 23.4 Å². The summed E-state index contributed by atoms with van der Waals surface area (Å²) in [4.78, 5) is 28.5. The number of cyclic esters (lactones) is 1. The molecule has 10 heteroatoms. The predicted molar refractivity (Wildman–Crippen MR) is 151 cm³/mol. The van der Waals surface area contributed by atoms with E-state index in [0.717, 1.165) is 10.5 Å². The molecule has 0 radical (unpaired) electrons. The van der Waals surface area contributed by atoms with E-state index in [9.17, 15) is 14.7 Å². The lowest BCUT2D eigenvalue weighted by Crippen LogP contribution is -2.51. The van der Waals surface area contributed by atoms with Crippen LogP contribution in [0.15, 0.2) is 72.8 Å². The van der Waals surface area contributed by atoms with Crippen molar-refractivity contribution < 1.29 is 38.1 Å². The number of imide groups is 1. The van der Waals surface area contributed by atoms with Gasteiger partial charge in [0.2, 0.25) is 6.10 Å². The summed E-state index contributed by atoms with van der Waals surface area (Å²) in [5.74, 6) is 0.278. The summed E-state index contributed by atoms with van der Waals surface area (Å²) in [7, 11) is 0.620. The number of amides is 2. The standard InChI is InChI=1S/C30H35NO8Si/c1-35-24-13-9-10-14-25(24)38-28(27(39-40(3,4)5)21-15-16-23(32)26(18-21)36-2)29(33)31-22(19-37-30(31)34)17-20-11-7-6-8-12-20/h6-16,18,22,27-28,32H,17,19H2,1-5H3/t22-,27+,28+/m0/s1. The number of aromatic hydroxyl groups is 1. The van der Waals surface area contributed by atoms with Crippen LogP contribution in [0.25, 0.3) is 0 Å². The first-order valence-corrected chi connectivity index (χ1v) is 16.4. The molecule has 40 heavy (non-hydrogen) atoms. The molecular formula is C30H35NO8Si. The number of hydrogen-bond donors (Lipinski definition) is 1. The van der Waals surface area contributed by atoms with Gasteiger partial charge < -0.3 is 28.5 Å². The van der Waals surface area contributed by atoms with Crippen molar-refractivity contribution in [2.75, 3.05) is 20.8 Å². The number of rotatable bonds is 11. The van der Waals surface area contributed by atoms with E-state index >= 15 is 0 Å². The average molecular weight is 566 g/mol. The van der Waals surface area contributed by atoms with Gasteiger partial charge in [-0.05, 0) is 61.5 Å². The maximum atomic E-state index is 14.4. The molecule has 0 bridgehead atoms. The van der Waals surface area contributed by atoms with Gasteiger partial charge in [0.05, 0.1) is 20.3 Å². The van der Waals surface area contributed by atoms with Gasteiger partial charge >= 0.3 is 6.09 Å². The van der Waals surface area contributed by atoms with Gasteiger partial charge in [-0.3, -0.25) is 4.79 Å². The lowest BCUT2D eigenvalue weighted by molar-refractivity contribution is -0.141. The quantitative estimate of drug-likeness (QED) is 0.311. The zero-order chi connectivity index (χ0) is 28.9. The fourth-order valence-corrected chi connectivity index (χ4v) is 5.58. The lowest BCUT2D eigenvalue weighted by atomic mass is 10.0. The number of carbonyl (C=O) groups excluding carboxylic acids is 2. The Hall–Kier alpha value is -4.02. The topological polar surface area (TPSA) is 104 Å². The molecule has 2 amide bonds. The SMILES string of the molecule is COc1cc([C@@H](O[Si](C)(C)C)[C@@H](Oc2ccccc2OC)C(=O)N2C(=O)OC[C@@H]2Cc2ccccc2)ccc1O. The van der Waals surface area contributed by atoms with Crippen molar-refractivity contribution in [2.45, 2.75) is 44.3 Å². The summed E-state index contributed by atoms with van der Waals surface area (Å²) >= 11 is 0. The molecule has 1 heterocycles. The van der Waals surface area contributed by atoms with E-state index in [0.29, 0.717) is 23.5 Å². The Morgan fingerprint density at radius 2 is 1.62 bits per heavy atom. The van der Waals surface area contributed by atoms with Gasteiger partial charge in [0.1, 0.15) is 12.7 Å². The van der Waals surface area contributed by atoms with Crippen molar-refractivity contribution in [3.05, 3.63) is 83.9 Å². The molecule has 3 atom stereocenters. The van der Waals surface area contributed by atoms with E-state index < -0.39 is 38.6 Å². The molecule has 1 aliphatic heterocycles. The van der Waals surface area contributed by atoms with Gasteiger partial charge in [-0.15, -0.1) is 0 Å². The minimum atomic E-state index is -2.33. The molecule has 0 unspecified atom stereocenters. The fraction of sp³-hybridized carbons (Fsp3) is 0.333. The Morgan fingerprint density at radius 1 is 0.975 bits per heavy atom. The third-order valence-electron chi connectivity index (χ3n) is 6.37. The number of ether oxygens (including phenoxy) is 4.